The smallest absolute Gasteiger partial charge is 0.242 e. The molecule has 3 rings (SSSR count). The summed E-state index contributed by atoms with van der Waals surface area (Å²) in [6, 6.07) is 11.3. The highest BCUT2D eigenvalue weighted by molar-refractivity contribution is 5.88. The van der Waals surface area contributed by atoms with Gasteiger partial charge in [-0.05, 0) is 62.4 Å². The molecule has 1 fully saturated rings. The fourth-order valence-electron chi connectivity index (χ4n) is 7.94. The minimum absolute atomic E-state index is 0.0178. The number of pyridine rings is 1. The number of aromatic nitrogens is 1. The minimum atomic E-state index is -0.879. The van der Waals surface area contributed by atoms with Crippen LogP contribution in [0.15, 0.2) is 48.7 Å². The monoisotopic (exact) mass is 782 g/mol. The lowest BCUT2D eigenvalue weighted by atomic mass is 9.93. The molecule has 4 amide bonds. The SMILES string of the molecule is CCCC(C(CC(=O)N1CCC[C@H]1C(OC)[C@@H](C)C(=O)NC(C)C(O)c1ccccc1)OC)N(C)C(=O)CNC(=O)C(C(C)C)N(C)Cc1ccnc(NC)c1. The Morgan fingerprint density at radius 3 is 2.32 bits per heavy atom. The van der Waals surface area contributed by atoms with E-state index < -0.39 is 42.4 Å². The number of rotatable bonds is 22. The second-order valence-electron chi connectivity index (χ2n) is 15.4. The van der Waals surface area contributed by atoms with Gasteiger partial charge < -0.3 is 40.3 Å². The quantitative estimate of drug-likeness (QED) is 0.139. The van der Waals surface area contributed by atoms with Crippen molar-refractivity contribution in [3.8, 4) is 0 Å². The number of nitrogens with one attached hydrogen (secondary N) is 3. The predicted octanol–water partition coefficient (Wildman–Crippen LogP) is 3.61. The third kappa shape index (κ3) is 12.4. The van der Waals surface area contributed by atoms with Gasteiger partial charge in [0.25, 0.3) is 0 Å². The molecule has 14 nitrogen and oxygen atoms in total. The van der Waals surface area contributed by atoms with Gasteiger partial charge in [0.15, 0.2) is 0 Å². The Morgan fingerprint density at radius 1 is 1.02 bits per heavy atom. The van der Waals surface area contributed by atoms with E-state index in [1.807, 2.05) is 75.2 Å². The molecule has 56 heavy (non-hydrogen) atoms. The van der Waals surface area contributed by atoms with Crippen LogP contribution in [-0.4, -0.2) is 133 Å². The van der Waals surface area contributed by atoms with Gasteiger partial charge in [-0.3, -0.25) is 24.1 Å². The summed E-state index contributed by atoms with van der Waals surface area (Å²) in [7, 11) is 8.48. The van der Waals surface area contributed by atoms with Gasteiger partial charge in [0.1, 0.15) is 5.82 Å². The Bertz CT molecular complexity index is 1550. The topological polar surface area (TPSA) is 166 Å². The molecule has 2 aromatic rings. The van der Waals surface area contributed by atoms with E-state index in [2.05, 4.69) is 20.9 Å². The first-order valence-electron chi connectivity index (χ1n) is 19.9. The number of anilines is 1. The maximum atomic E-state index is 14.0. The number of aliphatic hydroxyl groups is 1. The van der Waals surface area contributed by atoms with Gasteiger partial charge in [-0.15, -0.1) is 0 Å². The van der Waals surface area contributed by atoms with E-state index in [1.54, 1.807) is 58.2 Å². The van der Waals surface area contributed by atoms with E-state index in [0.29, 0.717) is 31.5 Å². The van der Waals surface area contributed by atoms with Crippen LogP contribution in [0.2, 0.25) is 0 Å². The Labute approximate surface area is 334 Å². The Hall–Kier alpha value is -4.11. The van der Waals surface area contributed by atoms with E-state index in [1.165, 1.54) is 0 Å². The van der Waals surface area contributed by atoms with Gasteiger partial charge >= 0.3 is 0 Å². The number of carbonyl (C=O) groups excluding carboxylic acids is 4. The van der Waals surface area contributed by atoms with Crippen molar-refractivity contribution in [1.29, 1.82) is 0 Å². The molecule has 6 unspecified atom stereocenters. The van der Waals surface area contributed by atoms with Gasteiger partial charge in [0.05, 0.1) is 61.4 Å². The van der Waals surface area contributed by atoms with Crippen molar-refractivity contribution in [3.63, 3.8) is 0 Å². The van der Waals surface area contributed by atoms with Gasteiger partial charge in [-0.2, -0.15) is 0 Å². The summed E-state index contributed by atoms with van der Waals surface area (Å²) in [5.74, 6) is -0.817. The molecule has 1 aliphatic heterocycles. The fraction of sp³-hybridized carbons (Fsp3) is 0.643. The number of ether oxygens (including phenoxy) is 2. The standard InChI is InChI=1S/C42H67N7O7/c1-11-16-32(48(8)37(51)25-45-42(54)38(27(2)3)47(7)26-30-20-21-44-35(23-30)43-6)34(55-9)24-36(50)49-22-15-19-33(49)40(56-10)28(4)41(53)46-29(5)39(52)31-17-13-12-14-18-31/h12-14,17-18,20-21,23,27-29,32-34,38-40,52H,11,15-16,19,22,24-26H2,1-10H3,(H,43,44)(H,45,54)(H,46,53)/t28-,29?,32?,33+,34?,38?,39?,40?/m1/s1. The average Bonchev–Trinajstić information content (AvgIpc) is 3.67. The molecule has 0 spiro atoms. The van der Waals surface area contributed by atoms with Crippen LogP contribution in [-0.2, 0) is 35.2 Å². The number of hydrogen-bond acceptors (Lipinski definition) is 10. The van der Waals surface area contributed by atoms with Gasteiger partial charge in [-0.1, -0.05) is 64.4 Å². The Balaban J connectivity index is 1.64. The van der Waals surface area contributed by atoms with Crippen LogP contribution in [0.4, 0.5) is 5.82 Å². The maximum absolute atomic E-state index is 14.0. The third-order valence-corrected chi connectivity index (χ3v) is 11.0. The van der Waals surface area contributed by atoms with Crippen LogP contribution in [0.1, 0.15) is 84.0 Å². The van der Waals surface area contributed by atoms with Crippen LogP contribution < -0.4 is 16.0 Å². The van der Waals surface area contributed by atoms with E-state index in [9.17, 15) is 24.3 Å². The van der Waals surface area contributed by atoms with Crippen molar-refractivity contribution in [2.45, 2.75) is 116 Å². The Kier molecular flexibility index (Phi) is 18.7. The highest BCUT2D eigenvalue weighted by atomic mass is 16.5. The molecule has 14 heteroatoms. The molecular formula is C42H67N7O7. The molecule has 0 radical (unpaired) electrons. The van der Waals surface area contributed by atoms with Crippen LogP contribution in [0.3, 0.4) is 0 Å². The number of hydrogen-bond donors (Lipinski definition) is 4. The molecule has 1 saturated heterocycles. The third-order valence-electron chi connectivity index (χ3n) is 11.0. The maximum Gasteiger partial charge on any atom is 0.242 e. The lowest BCUT2D eigenvalue weighted by Gasteiger charge is -2.37. The second kappa shape index (κ2) is 22.6. The minimum Gasteiger partial charge on any atom is -0.386 e. The highest BCUT2D eigenvalue weighted by Gasteiger charge is 2.41. The van der Waals surface area contributed by atoms with Gasteiger partial charge in [-0.25, -0.2) is 4.98 Å². The first-order chi connectivity index (χ1) is 26.7. The number of nitrogens with zero attached hydrogens (tertiary/aromatic N) is 4. The summed E-state index contributed by atoms with van der Waals surface area (Å²) in [6.45, 7) is 10.4. The van der Waals surface area contributed by atoms with Gasteiger partial charge in [0.2, 0.25) is 23.6 Å². The zero-order chi connectivity index (χ0) is 41.5. The normalized spacial score (nSPS) is 18.1. The van der Waals surface area contributed by atoms with Crippen molar-refractivity contribution in [3.05, 3.63) is 59.8 Å². The number of aliphatic hydroxyl groups excluding tert-OH is 1. The van der Waals surface area contributed by atoms with E-state index in [0.717, 1.165) is 24.2 Å². The predicted molar refractivity (Wildman–Crippen MR) is 217 cm³/mol. The number of likely N-dealkylation sites (N-methyl/N-ethyl adjacent to an activating group) is 2. The van der Waals surface area contributed by atoms with Crippen molar-refractivity contribution in [1.82, 2.24) is 30.3 Å². The highest BCUT2D eigenvalue weighted by Crippen LogP contribution is 2.29. The fourth-order valence-corrected chi connectivity index (χ4v) is 7.94. The molecule has 1 aromatic heterocycles. The molecule has 1 aromatic carbocycles. The first-order valence-corrected chi connectivity index (χ1v) is 19.9. The summed E-state index contributed by atoms with van der Waals surface area (Å²) in [5.41, 5.74) is 1.71. The zero-order valence-corrected chi connectivity index (χ0v) is 35.2. The number of benzene rings is 1. The summed E-state index contributed by atoms with van der Waals surface area (Å²) < 4.78 is 11.8. The number of carbonyl (C=O) groups is 4. The average molecular weight is 782 g/mol. The van der Waals surface area contributed by atoms with E-state index >= 15 is 0 Å². The van der Waals surface area contributed by atoms with Gasteiger partial charge in [0, 0.05) is 47.6 Å². The molecule has 0 saturated carbocycles. The van der Waals surface area contributed by atoms with Crippen LogP contribution in [0, 0.1) is 11.8 Å². The lowest BCUT2D eigenvalue weighted by Crippen LogP contribution is -2.54. The van der Waals surface area contributed by atoms with E-state index in [4.69, 9.17) is 9.47 Å². The summed E-state index contributed by atoms with van der Waals surface area (Å²) in [5, 5.41) is 19.7. The van der Waals surface area contributed by atoms with Crippen molar-refractivity contribution in [2.24, 2.45) is 11.8 Å². The summed E-state index contributed by atoms with van der Waals surface area (Å²) in [4.78, 5) is 64.2. The summed E-state index contributed by atoms with van der Waals surface area (Å²) in [6.07, 6.45) is 2.46. The molecule has 312 valence electrons. The van der Waals surface area contributed by atoms with Crippen molar-refractivity contribution >= 4 is 29.4 Å². The Morgan fingerprint density at radius 2 is 1.71 bits per heavy atom. The largest absolute Gasteiger partial charge is 0.386 e. The number of amides is 4. The number of likely N-dealkylation sites (tertiary alicyclic amines) is 1. The molecule has 2 heterocycles. The molecular weight excluding hydrogens is 715 g/mol. The molecule has 1 aliphatic rings. The van der Waals surface area contributed by atoms with Crippen LogP contribution in [0.5, 0.6) is 0 Å². The summed E-state index contributed by atoms with van der Waals surface area (Å²) >= 11 is 0. The van der Waals surface area contributed by atoms with Crippen LogP contribution >= 0.6 is 0 Å². The van der Waals surface area contributed by atoms with Crippen LogP contribution in [0.25, 0.3) is 0 Å². The first kappa shape index (κ1) is 46.3. The van der Waals surface area contributed by atoms with Crippen molar-refractivity contribution < 1.29 is 33.8 Å². The van der Waals surface area contributed by atoms with Crippen molar-refractivity contribution in [2.75, 3.05) is 53.8 Å². The molecule has 0 aliphatic carbocycles. The van der Waals surface area contributed by atoms with E-state index in [-0.39, 0.29) is 48.6 Å². The number of methoxy groups -OCH3 is 2. The second-order valence-corrected chi connectivity index (χ2v) is 15.4. The molecule has 0 bridgehead atoms. The lowest BCUT2D eigenvalue weighted by molar-refractivity contribution is -0.145. The molecule has 4 N–H and O–H groups in total. The molecule has 8 atom stereocenters. The zero-order valence-electron chi connectivity index (χ0n) is 35.2.